The molecule has 14 heavy (non-hydrogen) atoms. The van der Waals surface area contributed by atoms with Crippen LogP contribution in [0.3, 0.4) is 0 Å². The van der Waals surface area contributed by atoms with E-state index in [9.17, 15) is 0 Å². The fourth-order valence-electron chi connectivity index (χ4n) is 1.02. The van der Waals surface area contributed by atoms with Crippen LogP contribution in [0.2, 0.25) is 0 Å². The Bertz CT molecular complexity index is 477. The van der Waals surface area contributed by atoms with E-state index < -0.39 is 0 Å². The highest BCUT2D eigenvalue weighted by Crippen LogP contribution is 2.04. The molecular formula is C8H6N6. The minimum Gasteiger partial charge on any atom is -0.236 e. The lowest BCUT2D eigenvalue weighted by Gasteiger charge is -1.98. The summed E-state index contributed by atoms with van der Waals surface area (Å²) in [6.45, 7) is 1.78. The average molecular weight is 186 g/mol. The van der Waals surface area contributed by atoms with Crippen LogP contribution in [-0.4, -0.2) is 25.2 Å². The highest BCUT2D eigenvalue weighted by atomic mass is 15.5. The standard InChI is InChI=1S/C8H6N6/c1-6-11-12-13-14(6)8-3-2-7(4-9)5-10-8/h2-3,5H,1H3. The molecular weight excluding hydrogens is 180 g/mol. The Morgan fingerprint density at radius 1 is 1.43 bits per heavy atom. The molecule has 0 amide bonds. The van der Waals surface area contributed by atoms with Gasteiger partial charge in [-0.15, -0.1) is 5.10 Å². The molecule has 2 aromatic rings. The third-order valence-corrected chi connectivity index (χ3v) is 1.72. The minimum atomic E-state index is 0.513. The molecule has 2 heterocycles. The van der Waals surface area contributed by atoms with Crippen molar-refractivity contribution >= 4 is 0 Å². The molecule has 2 aromatic heterocycles. The lowest BCUT2D eigenvalue weighted by molar-refractivity contribution is 0.760. The van der Waals surface area contributed by atoms with Gasteiger partial charge in [0.1, 0.15) is 6.07 Å². The van der Waals surface area contributed by atoms with Crippen LogP contribution >= 0.6 is 0 Å². The summed E-state index contributed by atoms with van der Waals surface area (Å²) in [6, 6.07) is 5.36. The van der Waals surface area contributed by atoms with Gasteiger partial charge >= 0.3 is 0 Å². The zero-order chi connectivity index (χ0) is 9.97. The van der Waals surface area contributed by atoms with E-state index in [-0.39, 0.29) is 0 Å². The maximum Gasteiger partial charge on any atom is 0.157 e. The smallest absolute Gasteiger partial charge is 0.157 e. The van der Waals surface area contributed by atoms with Crippen LogP contribution in [0.1, 0.15) is 11.4 Å². The van der Waals surface area contributed by atoms with Crippen LogP contribution < -0.4 is 0 Å². The first-order valence-corrected chi connectivity index (χ1v) is 3.93. The molecule has 68 valence electrons. The second kappa shape index (κ2) is 3.22. The van der Waals surface area contributed by atoms with Gasteiger partial charge in [0.2, 0.25) is 0 Å². The molecule has 0 aliphatic rings. The maximum atomic E-state index is 8.58. The first kappa shape index (κ1) is 8.31. The number of aromatic nitrogens is 5. The van der Waals surface area contributed by atoms with Crippen molar-refractivity contribution in [2.45, 2.75) is 6.92 Å². The highest BCUT2D eigenvalue weighted by molar-refractivity contribution is 5.31. The van der Waals surface area contributed by atoms with Crippen molar-refractivity contribution in [3.8, 4) is 11.9 Å². The molecule has 0 unspecified atom stereocenters. The van der Waals surface area contributed by atoms with Gasteiger partial charge in [-0.25, -0.2) is 4.98 Å². The number of hydrogen-bond acceptors (Lipinski definition) is 5. The molecule has 0 N–H and O–H groups in total. The van der Waals surface area contributed by atoms with Gasteiger partial charge in [-0.1, -0.05) is 0 Å². The van der Waals surface area contributed by atoms with Gasteiger partial charge in [-0.05, 0) is 29.5 Å². The summed E-state index contributed by atoms with van der Waals surface area (Å²) in [5, 5.41) is 19.6. The van der Waals surface area contributed by atoms with Crippen LogP contribution in [0.4, 0.5) is 0 Å². The Kier molecular flexibility index (Phi) is 1.91. The first-order chi connectivity index (χ1) is 6.81. The lowest BCUT2D eigenvalue weighted by atomic mass is 10.3. The van der Waals surface area contributed by atoms with Crippen LogP contribution in [0.25, 0.3) is 5.82 Å². The van der Waals surface area contributed by atoms with Crippen LogP contribution in [0, 0.1) is 18.3 Å². The number of tetrazole rings is 1. The molecule has 0 saturated heterocycles. The molecule has 0 aliphatic carbocycles. The fourth-order valence-corrected chi connectivity index (χ4v) is 1.02. The van der Waals surface area contributed by atoms with Gasteiger partial charge < -0.3 is 0 Å². The Morgan fingerprint density at radius 3 is 2.79 bits per heavy atom. The summed E-state index contributed by atoms with van der Waals surface area (Å²) in [6.07, 6.45) is 1.48. The average Bonchev–Trinajstić information content (AvgIpc) is 2.65. The monoisotopic (exact) mass is 186 g/mol. The molecule has 0 spiro atoms. The number of rotatable bonds is 1. The number of nitriles is 1. The molecule has 0 bridgehead atoms. The van der Waals surface area contributed by atoms with E-state index in [1.807, 2.05) is 6.07 Å². The fraction of sp³-hybridized carbons (Fsp3) is 0.125. The predicted octanol–water partition coefficient (Wildman–Crippen LogP) is 0.237. The Labute approximate surface area is 79.8 Å². The summed E-state index contributed by atoms with van der Waals surface area (Å²) >= 11 is 0. The molecule has 0 aromatic carbocycles. The summed E-state index contributed by atoms with van der Waals surface area (Å²) in [5.41, 5.74) is 0.513. The molecule has 0 fully saturated rings. The molecule has 2 rings (SSSR count). The van der Waals surface area contributed by atoms with E-state index >= 15 is 0 Å². The van der Waals surface area contributed by atoms with Gasteiger partial charge in [0, 0.05) is 6.20 Å². The van der Waals surface area contributed by atoms with Gasteiger partial charge in [-0.2, -0.15) is 9.94 Å². The Balaban J connectivity index is 2.45. The largest absolute Gasteiger partial charge is 0.236 e. The Hall–Kier alpha value is -2.29. The second-order valence-electron chi connectivity index (χ2n) is 2.65. The number of nitrogens with zero attached hydrogens (tertiary/aromatic N) is 6. The summed E-state index contributed by atoms with van der Waals surface area (Å²) in [5.74, 6) is 1.26. The topological polar surface area (TPSA) is 80.3 Å². The van der Waals surface area contributed by atoms with Crippen molar-refractivity contribution in [1.82, 2.24) is 25.2 Å². The van der Waals surface area contributed by atoms with Gasteiger partial charge in [-0.3, -0.25) is 0 Å². The van der Waals surface area contributed by atoms with Crippen molar-refractivity contribution in [2.75, 3.05) is 0 Å². The molecule has 6 heteroatoms. The molecule has 0 saturated carbocycles. The SMILES string of the molecule is Cc1nnnn1-c1ccc(C#N)cn1. The van der Waals surface area contributed by atoms with Crippen molar-refractivity contribution in [2.24, 2.45) is 0 Å². The summed E-state index contributed by atoms with van der Waals surface area (Å²) in [4.78, 5) is 4.05. The molecule has 0 aliphatic heterocycles. The molecule has 0 atom stereocenters. The predicted molar refractivity (Wildman–Crippen MR) is 46.4 cm³/mol. The van der Waals surface area contributed by atoms with E-state index in [1.54, 1.807) is 19.1 Å². The number of aryl methyl sites for hydroxylation is 1. The zero-order valence-corrected chi connectivity index (χ0v) is 7.42. The van der Waals surface area contributed by atoms with Crippen molar-refractivity contribution in [3.63, 3.8) is 0 Å². The number of pyridine rings is 1. The summed E-state index contributed by atoms with van der Waals surface area (Å²) in [7, 11) is 0. The third-order valence-electron chi connectivity index (χ3n) is 1.72. The van der Waals surface area contributed by atoms with Crippen LogP contribution in [-0.2, 0) is 0 Å². The van der Waals surface area contributed by atoms with E-state index in [0.29, 0.717) is 17.2 Å². The van der Waals surface area contributed by atoms with Crippen LogP contribution in [0.5, 0.6) is 0 Å². The maximum absolute atomic E-state index is 8.58. The third kappa shape index (κ3) is 1.31. The second-order valence-corrected chi connectivity index (χ2v) is 2.65. The molecule has 6 nitrogen and oxygen atoms in total. The van der Waals surface area contributed by atoms with Gasteiger partial charge in [0.05, 0.1) is 5.56 Å². The lowest BCUT2D eigenvalue weighted by Crippen LogP contribution is -2.01. The normalized spacial score (nSPS) is 9.71. The van der Waals surface area contributed by atoms with Crippen LogP contribution in [0.15, 0.2) is 18.3 Å². The minimum absolute atomic E-state index is 0.513. The van der Waals surface area contributed by atoms with Crippen molar-refractivity contribution < 1.29 is 0 Å². The quantitative estimate of drug-likeness (QED) is 0.637. The zero-order valence-electron chi connectivity index (χ0n) is 7.42. The van der Waals surface area contributed by atoms with Crippen molar-refractivity contribution in [3.05, 3.63) is 29.7 Å². The van der Waals surface area contributed by atoms with E-state index in [2.05, 4.69) is 20.5 Å². The number of hydrogen-bond donors (Lipinski definition) is 0. The molecule has 0 radical (unpaired) electrons. The van der Waals surface area contributed by atoms with Crippen molar-refractivity contribution in [1.29, 1.82) is 5.26 Å². The Morgan fingerprint density at radius 2 is 2.29 bits per heavy atom. The summed E-state index contributed by atoms with van der Waals surface area (Å²) < 4.78 is 1.50. The first-order valence-electron chi connectivity index (χ1n) is 3.93. The highest BCUT2D eigenvalue weighted by Gasteiger charge is 2.03. The van der Waals surface area contributed by atoms with Gasteiger partial charge in [0.25, 0.3) is 0 Å². The van der Waals surface area contributed by atoms with Gasteiger partial charge in [0.15, 0.2) is 11.6 Å². The van der Waals surface area contributed by atoms with E-state index in [4.69, 9.17) is 5.26 Å². The van der Waals surface area contributed by atoms with E-state index in [0.717, 1.165) is 0 Å². The van der Waals surface area contributed by atoms with E-state index in [1.165, 1.54) is 10.9 Å².